The number of hydrogen-bond donors (Lipinski definition) is 2. The number of aliphatic hydroxyl groups excluding tert-OH is 1. The summed E-state index contributed by atoms with van der Waals surface area (Å²) < 4.78 is 0. The summed E-state index contributed by atoms with van der Waals surface area (Å²) in [5, 5.41) is 10.4. The van der Waals surface area contributed by atoms with Crippen LogP contribution in [0.25, 0.3) is 0 Å². The zero-order valence-corrected chi connectivity index (χ0v) is 13.6. The average molecular weight is 307 g/mol. The Balaban J connectivity index is 1.53. The van der Waals surface area contributed by atoms with Crippen LogP contribution < -0.4 is 0 Å². The summed E-state index contributed by atoms with van der Waals surface area (Å²) in [7, 11) is 0. The Bertz CT molecular complexity index is 430. The highest BCUT2D eigenvalue weighted by Crippen LogP contribution is 2.18. The van der Waals surface area contributed by atoms with Crippen LogP contribution in [0, 0.1) is 0 Å². The first-order chi connectivity index (χ1) is 10.7. The number of aromatic nitrogens is 2. The van der Waals surface area contributed by atoms with Crippen molar-refractivity contribution in [1.29, 1.82) is 0 Å². The van der Waals surface area contributed by atoms with Gasteiger partial charge in [0.2, 0.25) is 0 Å². The van der Waals surface area contributed by atoms with E-state index in [2.05, 4.69) is 31.6 Å². The summed E-state index contributed by atoms with van der Waals surface area (Å²) in [5.41, 5.74) is 0. The van der Waals surface area contributed by atoms with Crippen molar-refractivity contribution in [1.82, 2.24) is 24.7 Å². The summed E-state index contributed by atoms with van der Waals surface area (Å²) in [4.78, 5) is 14.8. The van der Waals surface area contributed by atoms with Crippen LogP contribution in [-0.2, 0) is 6.54 Å². The lowest BCUT2D eigenvalue weighted by Crippen LogP contribution is -2.47. The Morgan fingerprint density at radius 3 is 2.68 bits per heavy atom. The third-order valence-electron chi connectivity index (χ3n) is 5.07. The molecule has 6 nitrogen and oxygen atoms in total. The van der Waals surface area contributed by atoms with Crippen molar-refractivity contribution in [3.63, 3.8) is 0 Å². The maximum atomic E-state index is 10.4. The fourth-order valence-electron chi connectivity index (χ4n) is 3.75. The molecular formula is C16H29N5O. The maximum Gasteiger partial charge on any atom is 0.120 e. The summed E-state index contributed by atoms with van der Waals surface area (Å²) >= 11 is 0. The lowest BCUT2D eigenvalue weighted by Gasteiger charge is -2.38. The molecule has 1 aromatic heterocycles. The van der Waals surface area contributed by atoms with E-state index in [9.17, 15) is 5.11 Å². The molecule has 0 spiro atoms. The number of hydrogen-bond acceptors (Lipinski definition) is 5. The molecule has 0 amide bonds. The second kappa shape index (κ2) is 7.55. The molecule has 124 valence electrons. The van der Waals surface area contributed by atoms with Gasteiger partial charge in [0.05, 0.1) is 12.6 Å². The largest absolute Gasteiger partial charge is 0.390 e. The maximum absolute atomic E-state index is 10.4. The van der Waals surface area contributed by atoms with Gasteiger partial charge in [0.25, 0.3) is 0 Å². The van der Waals surface area contributed by atoms with Crippen molar-refractivity contribution in [2.24, 2.45) is 0 Å². The predicted octanol–water partition coefficient (Wildman–Crippen LogP) is 0.373. The van der Waals surface area contributed by atoms with Crippen LogP contribution in [0.4, 0.5) is 0 Å². The highest BCUT2D eigenvalue weighted by molar-refractivity contribution is 4.89. The number of piperidine rings is 1. The molecule has 0 radical (unpaired) electrons. The molecule has 1 unspecified atom stereocenters. The Labute approximate surface area is 133 Å². The molecule has 3 rings (SSSR count). The van der Waals surface area contributed by atoms with Crippen LogP contribution in [0.3, 0.4) is 0 Å². The van der Waals surface area contributed by atoms with Gasteiger partial charge in [-0.2, -0.15) is 0 Å². The molecule has 2 N–H and O–H groups in total. The third-order valence-corrected chi connectivity index (χ3v) is 5.07. The van der Waals surface area contributed by atoms with E-state index in [0.29, 0.717) is 6.04 Å². The van der Waals surface area contributed by atoms with Crippen molar-refractivity contribution in [2.45, 2.75) is 38.5 Å². The summed E-state index contributed by atoms with van der Waals surface area (Å²) in [6, 6.07) is 0.640. The van der Waals surface area contributed by atoms with Gasteiger partial charge >= 0.3 is 0 Å². The summed E-state index contributed by atoms with van der Waals surface area (Å²) in [6.45, 7) is 10.2. The van der Waals surface area contributed by atoms with Gasteiger partial charge in [-0.3, -0.25) is 9.80 Å². The number of β-amino-alcohol motifs (C(OH)–C–C–N with tert-alkyl or cyclic N) is 1. The Kier molecular flexibility index (Phi) is 5.46. The second-order valence-corrected chi connectivity index (χ2v) is 6.59. The van der Waals surface area contributed by atoms with Gasteiger partial charge in [-0.15, -0.1) is 0 Å². The SMILES string of the molecule is CCN1CCC(N2CCN(Cc3ncc[nH]3)CC(O)C2)CC1. The van der Waals surface area contributed by atoms with Gasteiger partial charge in [0.1, 0.15) is 5.82 Å². The first kappa shape index (κ1) is 15.9. The minimum Gasteiger partial charge on any atom is -0.390 e. The van der Waals surface area contributed by atoms with E-state index in [0.717, 1.165) is 45.1 Å². The van der Waals surface area contributed by atoms with E-state index in [1.54, 1.807) is 6.20 Å². The van der Waals surface area contributed by atoms with Crippen LogP contribution in [0.15, 0.2) is 12.4 Å². The number of likely N-dealkylation sites (tertiary alicyclic amines) is 1. The number of H-pyrrole nitrogens is 1. The van der Waals surface area contributed by atoms with E-state index < -0.39 is 0 Å². The minimum absolute atomic E-state index is 0.262. The molecule has 1 aromatic rings. The number of rotatable bonds is 4. The number of imidazole rings is 1. The molecule has 0 saturated carbocycles. The van der Waals surface area contributed by atoms with Crippen LogP contribution in [0.5, 0.6) is 0 Å². The van der Waals surface area contributed by atoms with Crippen molar-refractivity contribution in [3.8, 4) is 0 Å². The molecule has 0 aromatic carbocycles. The Hall–Kier alpha value is -0.950. The minimum atomic E-state index is -0.262. The molecule has 22 heavy (non-hydrogen) atoms. The molecular weight excluding hydrogens is 278 g/mol. The van der Waals surface area contributed by atoms with Crippen LogP contribution in [-0.4, -0.2) is 87.7 Å². The number of aliphatic hydroxyl groups is 1. The normalized spacial score (nSPS) is 27.1. The van der Waals surface area contributed by atoms with Gasteiger partial charge < -0.3 is 15.0 Å². The molecule has 2 saturated heterocycles. The fraction of sp³-hybridized carbons (Fsp3) is 0.812. The van der Waals surface area contributed by atoms with Crippen molar-refractivity contribution in [3.05, 3.63) is 18.2 Å². The topological polar surface area (TPSA) is 58.6 Å². The highest BCUT2D eigenvalue weighted by Gasteiger charge is 2.28. The summed E-state index contributed by atoms with van der Waals surface area (Å²) in [6.07, 6.45) is 5.85. The van der Waals surface area contributed by atoms with Crippen molar-refractivity contribution < 1.29 is 5.11 Å². The number of nitrogens with zero attached hydrogens (tertiary/aromatic N) is 4. The Morgan fingerprint density at radius 2 is 2.00 bits per heavy atom. The monoisotopic (exact) mass is 307 g/mol. The highest BCUT2D eigenvalue weighted by atomic mass is 16.3. The number of aromatic amines is 1. The van der Waals surface area contributed by atoms with Crippen molar-refractivity contribution >= 4 is 0 Å². The number of nitrogens with one attached hydrogen (secondary N) is 1. The van der Waals surface area contributed by atoms with E-state index in [4.69, 9.17) is 0 Å². The Morgan fingerprint density at radius 1 is 1.18 bits per heavy atom. The van der Waals surface area contributed by atoms with E-state index in [1.807, 2.05) is 6.20 Å². The lowest BCUT2D eigenvalue weighted by molar-refractivity contribution is 0.0691. The first-order valence-electron chi connectivity index (χ1n) is 8.59. The van der Waals surface area contributed by atoms with E-state index in [1.165, 1.54) is 25.9 Å². The fourth-order valence-corrected chi connectivity index (χ4v) is 3.75. The molecule has 2 fully saturated rings. The van der Waals surface area contributed by atoms with Crippen molar-refractivity contribution in [2.75, 3.05) is 45.8 Å². The molecule has 0 aliphatic carbocycles. The molecule has 2 aliphatic heterocycles. The van der Waals surface area contributed by atoms with Crippen LogP contribution in [0.2, 0.25) is 0 Å². The predicted molar refractivity (Wildman–Crippen MR) is 86.6 cm³/mol. The van der Waals surface area contributed by atoms with Crippen LogP contribution >= 0.6 is 0 Å². The van der Waals surface area contributed by atoms with Gasteiger partial charge in [0, 0.05) is 44.6 Å². The zero-order chi connectivity index (χ0) is 15.4. The molecule has 6 heteroatoms. The standard InChI is InChI=1S/C16H29N5O/c1-2-19-7-3-14(4-8-19)21-10-9-20(11-15(22)12-21)13-16-17-5-6-18-16/h5-6,14-15,22H,2-4,7-13H2,1H3,(H,17,18). The van der Waals surface area contributed by atoms with Gasteiger partial charge in [-0.25, -0.2) is 4.98 Å². The van der Waals surface area contributed by atoms with E-state index in [-0.39, 0.29) is 6.10 Å². The zero-order valence-electron chi connectivity index (χ0n) is 13.6. The second-order valence-electron chi connectivity index (χ2n) is 6.59. The first-order valence-corrected chi connectivity index (χ1v) is 8.59. The average Bonchev–Trinajstić information content (AvgIpc) is 2.97. The van der Waals surface area contributed by atoms with Gasteiger partial charge in [-0.05, 0) is 32.5 Å². The van der Waals surface area contributed by atoms with Gasteiger partial charge in [0.15, 0.2) is 0 Å². The molecule has 0 bridgehead atoms. The molecule has 1 atom stereocenters. The quantitative estimate of drug-likeness (QED) is 0.842. The van der Waals surface area contributed by atoms with Crippen LogP contribution in [0.1, 0.15) is 25.6 Å². The summed E-state index contributed by atoms with van der Waals surface area (Å²) in [5.74, 6) is 0.983. The lowest BCUT2D eigenvalue weighted by atomic mass is 10.0. The molecule has 3 heterocycles. The van der Waals surface area contributed by atoms with Gasteiger partial charge in [-0.1, -0.05) is 6.92 Å². The molecule has 2 aliphatic rings. The smallest absolute Gasteiger partial charge is 0.120 e. The van der Waals surface area contributed by atoms with E-state index >= 15 is 0 Å². The third kappa shape index (κ3) is 4.07.